The summed E-state index contributed by atoms with van der Waals surface area (Å²) >= 11 is 6.59. The number of nitrogens with two attached hydrogens (primary N) is 1. The second kappa shape index (κ2) is 17.1. The number of amidine groups is 1. The largest absolute Gasteiger partial charge is 0.478 e. The van der Waals surface area contributed by atoms with Crippen LogP contribution in [0.3, 0.4) is 0 Å². The Bertz CT molecular complexity index is 1840. The molecule has 1 unspecified atom stereocenters. The molecule has 0 bridgehead atoms. The first kappa shape index (κ1) is 41.2. The summed E-state index contributed by atoms with van der Waals surface area (Å²) in [6.45, 7) is 14.9. The first-order chi connectivity index (χ1) is 24.3. The number of amides is 1. The van der Waals surface area contributed by atoms with Crippen molar-refractivity contribution in [3.8, 4) is 5.75 Å². The first-order valence-electron chi connectivity index (χ1n) is 17.2. The Morgan fingerprint density at radius 2 is 1.98 bits per heavy atom. The number of nitrogens with zero attached hydrogens (tertiary/aromatic N) is 3. The van der Waals surface area contributed by atoms with Crippen LogP contribution in [0.4, 0.5) is 0 Å². The van der Waals surface area contributed by atoms with Crippen LogP contribution in [0.1, 0.15) is 95.8 Å². The van der Waals surface area contributed by atoms with Crippen LogP contribution in [0.2, 0.25) is 0 Å². The third kappa shape index (κ3) is 10.1. The Hall–Kier alpha value is -3.57. The van der Waals surface area contributed by atoms with E-state index in [4.69, 9.17) is 27.5 Å². The molecule has 284 valence electrons. The van der Waals surface area contributed by atoms with E-state index in [1.807, 2.05) is 13.0 Å². The van der Waals surface area contributed by atoms with E-state index in [9.17, 15) is 27.7 Å². The van der Waals surface area contributed by atoms with E-state index in [1.165, 1.54) is 25.5 Å². The van der Waals surface area contributed by atoms with Gasteiger partial charge in [-0.2, -0.15) is 12.7 Å². The Kier molecular flexibility index (Phi) is 13.5. The Morgan fingerprint density at radius 3 is 2.58 bits per heavy atom. The van der Waals surface area contributed by atoms with Gasteiger partial charge in [-0.3, -0.25) is 9.35 Å². The highest BCUT2D eigenvalue weighted by molar-refractivity contribution is 8.23. The number of carbonyl (C=O) groups is 2. The van der Waals surface area contributed by atoms with Gasteiger partial charge in [0.25, 0.3) is 5.91 Å². The number of unbranched alkanes of at least 4 members (excludes halogenated alkanes) is 2. The number of rotatable bonds is 15. The number of thioether (sulfide) groups is 1. The summed E-state index contributed by atoms with van der Waals surface area (Å²) < 4.78 is 42.0. The maximum Gasteiger partial charge on any atom is 0.350 e. The Labute approximate surface area is 315 Å². The number of nitrogens with one attached hydrogen (secondary N) is 1. The minimum absolute atomic E-state index is 0.00332. The molecule has 1 saturated heterocycles. The molecule has 1 fully saturated rings. The molecule has 1 aromatic carbocycles. The molecule has 4 rings (SSSR count). The van der Waals surface area contributed by atoms with Crippen LogP contribution in [0.5, 0.6) is 5.75 Å². The van der Waals surface area contributed by atoms with Crippen molar-refractivity contribution in [3.05, 3.63) is 64.4 Å². The van der Waals surface area contributed by atoms with Crippen LogP contribution in [-0.2, 0) is 31.2 Å². The fourth-order valence-corrected chi connectivity index (χ4v) is 8.82. The summed E-state index contributed by atoms with van der Waals surface area (Å²) in [5.74, 6) is -1.18. The lowest BCUT2D eigenvalue weighted by Crippen LogP contribution is -2.67. The van der Waals surface area contributed by atoms with Gasteiger partial charge in [0.05, 0.1) is 11.7 Å². The minimum atomic E-state index is -4.70. The number of oxime groups is 1. The number of ether oxygens (including phenoxy) is 1. The number of hydrogen-bond donors (Lipinski definition) is 4. The molecule has 1 amide bonds. The van der Waals surface area contributed by atoms with Gasteiger partial charge in [-0.05, 0) is 102 Å². The number of aryl methyl sites for hydroxylation is 2. The van der Waals surface area contributed by atoms with E-state index >= 15 is 0 Å². The van der Waals surface area contributed by atoms with Crippen molar-refractivity contribution in [3.63, 3.8) is 0 Å². The van der Waals surface area contributed by atoms with Gasteiger partial charge in [0.1, 0.15) is 17.0 Å². The molecule has 2 aliphatic heterocycles. The van der Waals surface area contributed by atoms with Crippen molar-refractivity contribution in [1.29, 1.82) is 0 Å². The second-order valence-corrected chi connectivity index (χ2v) is 17.1. The summed E-state index contributed by atoms with van der Waals surface area (Å²) in [6, 6.07) is 3.32. The predicted octanol–water partition coefficient (Wildman–Crippen LogP) is 5.95. The fraction of sp³-hybridized carbons (Fsp3) is 0.528. The lowest BCUT2D eigenvalue weighted by molar-refractivity contribution is -0.161. The number of allylic oxidation sites excluding steroid dienone is 3. The molecule has 16 heteroatoms. The number of carboxylic acid groups (broad SMARTS) is 1. The number of hydrogen-bond acceptors (Lipinski definition) is 11. The highest BCUT2D eigenvalue weighted by Gasteiger charge is 2.48. The number of aliphatic carboxylic acids is 1. The van der Waals surface area contributed by atoms with Gasteiger partial charge in [-0.1, -0.05) is 66.6 Å². The van der Waals surface area contributed by atoms with Crippen molar-refractivity contribution in [2.75, 3.05) is 6.54 Å². The minimum Gasteiger partial charge on any atom is -0.478 e. The predicted molar refractivity (Wildman–Crippen MR) is 208 cm³/mol. The molecule has 4 atom stereocenters. The van der Waals surface area contributed by atoms with Crippen molar-refractivity contribution in [1.82, 2.24) is 9.62 Å². The van der Waals surface area contributed by atoms with Crippen LogP contribution < -0.4 is 15.8 Å². The monoisotopic (exact) mass is 775 g/mol. The van der Waals surface area contributed by atoms with E-state index in [1.54, 1.807) is 0 Å². The Balaban J connectivity index is 1.63. The molecule has 5 N–H and O–H groups in total. The van der Waals surface area contributed by atoms with Crippen LogP contribution in [0.15, 0.2) is 57.9 Å². The van der Waals surface area contributed by atoms with Gasteiger partial charge < -0.3 is 25.7 Å². The van der Waals surface area contributed by atoms with Crippen LogP contribution in [0, 0.1) is 12.8 Å². The van der Waals surface area contributed by atoms with E-state index in [0.717, 1.165) is 76.9 Å². The molecule has 0 spiro atoms. The zero-order valence-electron chi connectivity index (χ0n) is 30.5. The van der Waals surface area contributed by atoms with Crippen molar-refractivity contribution in [2.45, 2.75) is 109 Å². The average molecular weight is 776 g/mol. The van der Waals surface area contributed by atoms with E-state index < -0.39 is 39.2 Å². The molecule has 0 radical (unpaired) electrons. The highest BCUT2D eigenvalue weighted by Crippen LogP contribution is 2.45. The van der Waals surface area contributed by atoms with Gasteiger partial charge in [0.15, 0.2) is 5.71 Å². The summed E-state index contributed by atoms with van der Waals surface area (Å²) in [7, 11) is -4.70. The smallest absolute Gasteiger partial charge is 0.350 e. The molecule has 1 aliphatic carbocycles. The maximum absolute atomic E-state index is 13.6. The maximum atomic E-state index is 13.6. The van der Waals surface area contributed by atoms with Gasteiger partial charge in [0, 0.05) is 24.4 Å². The molecule has 0 saturated carbocycles. The highest BCUT2D eigenvalue weighted by atomic mass is 32.2. The summed E-state index contributed by atoms with van der Waals surface area (Å²) in [4.78, 5) is 34.5. The van der Waals surface area contributed by atoms with Gasteiger partial charge in [-0.15, -0.1) is 0 Å². The fourth-order valence-electron chi connectivity index (χ4n) is 6.36. The molecular formula is C36H49N5O8S3. The quantitative estimate of drug-likeness (QED) is 0.0411. The summed E-state index contributed by atoms with van der Waals surface area (Å²) in [5.41, 5.74) is 9.21. The normalized spacial score (nSPS) is 22.4. The lowest BCUT2D eigenvalue weighted by atomic mass is 9.73. The SMILES string of the molecule is C=C(C)[C@@H]1CCC(C)=C[C@H]1c1c(C)cc(CCCCC)cc1OC(=S)SC1[C@H](NC(=O)/C(=N\OC(C)(C)C(=O)O)C2=CCC(N)=N2)CN1S(=O)(=O)O. The van der Waals surface area contributed by atoms with Crippen molar-refractivity contribution in [2.24, 2.45) is 21.8 Å². The topological polar surface area (TPSA) is 193 Å². The number of thiocarbonyl (C=S) groups is 1. The molecule has 0 aromatic heterocycles. The van der Waals surface area contributed by atoms with Gasteiger partial charge >= 0.3 is 16.3 Å². The van der Waals surface area contributed by atoms with Crippen molar-refractivity contribution >= 4 is 62.1 Å². The van der Waals surface area contributed by atoms with E-state index in [-0.39, 0.29) is 46.4 Å². The third-order valence-corrected chi connectivity index (χ3v) is 11.9. The van der Waals surface area contributed by atoms with E-state index in [2.05, 4.69) is 55.0 Å². The second-order valence-electron chi connectivity index (χ2n) is 14.0. The lowest BCUT2D eigenvalue weighted by Gasteiger charge is -2.44. The summed E-state index contributed by atoms with van der Waals surface area (Å²) in [5, 5.41) is 14.9. The van der Waals surface area contributed by atoms with Crippen LogP contribution in [-0.4, -0.2) is 73.8 Å². The molecule has 3 aliphatic rings. The first-order valence-corrected chi connectivity index (χ1v) is 19.9. The standard InChI is InChI=1S/C36H49N5O8S3/c1-8-9-10-11-23-17-22(5)30(25-16-21(4)12-13-24(25)20(2)3)28(18-23)48-35(50)51-33-27(19-41(33)52(45,46)47)39-32(42)31(26-14-15-29(37)38-26)40-49-36(6,7)34(43)44/h14,16-18,24-25,27,33H,2,8-13,15,19H2,1,3-7H3,(H2,37,38)(H,39,42)(H,43,44)(H,45,46,47)/b40-31-/t24-,25+,27+,33?/m0/s1. The summed E-state index contributed by atoms with van der Waals surface area (Å²) in [6.07, 6.45) is 9.98. The number of carboxylic acids is 1. The average Bonchev–Trinajstić information content (AvgIpc) is 3.46. The molecular weight excluding hydrogens is 727 g/mol. The number of benzene rings is 1. The number of aliphatic imine (C=N–C) groups is 1. The van der Waals surface area contributed by atoms with Gasteiger partial charge in [-0.25, -0.2) is 9.79 Å². The molecule has 2 heterocycles. The van der Waals surface area contributed by atoms with Gasteiger partial charge in [0.2, 0.25) is 9.98 Å². The van der Waals surface area contributed by atoms with Crippen LogP contribution in [0.25, 0.3) is 0 Å². The molecule has 13 nitrogen and oxygen atoms in total. The van der Waals surface area contributed by atoms with E-state index in [0.29, 0.717) is 5.75 Å². The Morgan fingerprint density at radius 1 is 1.27 bits per heavy atom. The molecule has 52 heavy (non-hydrogen) atoms. The van der Waals surface area contributed by atoms with Crippen molar-refractivity contribution < 1.29 is 37.2 Å². The zero-order valence-corrected chi connectivity index (χ0v) is 32.9. The molecule has 1 aromatic rings. The third-order valence-electron chi connectivity index (χ3n) is 9.33. The zero-order chi connectivity index (χ0) is 38.5. The van der Waals surface area contributed by atoms with Crippen LogP contribution >= 0.6 is 24.0 Å². The number of carbonyl (C=O) groups excluding carboxylic acids is 1.